The maximum atomic E-state index is 5.99. The average Bonchev–Trinajstić information content (AvgIpc) is 2.50. The van der Waals surface area contributed by atoms with E-state index in [2.05, 4.69) is 36.2 Å². The fourth-order valence-corrected chi connectivity index (χ4v) is 2.38. The Morgan fingerprint density at radius 1 is 1.10 bits per heavy atom. The van der Waals surface area contributed by atoms with Gasteiger partial charge in [0.05, 0.1) is 13.2 Å². The first kappa shape index (κ1) is 14.5. The molecular formula is C13H13BrClN5O. The van der Waals surface area contributed by atoms with Gasteiger partial charge in [-0.25, -0.2) is 0 Å². The van der Waals surface area contributed by atoms with Gasteiger partial charge in [-0.3, -0.25) is 0 Å². The predicted molar refractivity (Wildman–Crippen MR) is 85.3 cm³/mol. The van der Waals surface area contributed by atoms with E-state index in [4.69, 9.17) is 16.3 Å². The first-order valence-corrected chi connectivity index (χ1v) is 7.65. The molecule has 6 nitrogen and oxygen atoms in total. The van der Waals surface area contributed by atoms with Crippen molar-refractivity contribution in [1.82, 2.24) is 15.0 Å². The van der Waals surface area contributed by atoms with Crippen molar-refractivity contribution in [2.24, 2.45) is 0 Å². The van der Waals surface area contributed by atoms with Crippen LogP contribution in [-0.4, -0.2) is 41.3 Å². The van der Waals surface area contributed by atoms with E-state index in [0.29, 0.717) is 25.1 Å². The Labute approximate surface area is 135 Å². The van der Waals surface area contributed by atoms with Crippen LogP contribution in [0, 0.1) is 0 Å². The van der Waals surface area contributed by atoms with Gasteiger partial charge < -0.3 is 15.0 Å². The van der Waals surface area contributed by atoms with Crippen molar-refractivity contribution in [2.75, 3.05) is 36.5 Å². The van der Waals surface area contributed by atoms with Gasteiger partial charge in [0.1, 0.15) is 0 Å². The number of anilines is 3. The second kappa shape index (κ2) is 6.55. The number of nitrogens with one attached hydrogen (secondary N) is 1. The number of aromatic nitrogens is 3. The van der Waals surface area contributed by atoms with Gasteiger partial charge in [0.15, 0.2) is 0 Å². The van der Waals surface area contributed by atoms with Crippen LogP contribution in [0.1, 0.15) is 0 Å². The number of nitrogens with zero attached hydrogens (tertiary/aromatic N) is 4. The summed E-state index contributed by atoms with van der Waals surface area (Å²) in [6, 6.07) is 7.73. The van der Waals surface area contributed by atoms with Crippen LogP contribution in [0.3, 0.4) is 0 Å². The minimum absolute atomic E-state index is 0.172. The van der Waals surface area contributed by atoms with Crippen molar-refractivity contribution in [3.63, 3.8) is 0 Å². The van der Waals surface area contributed by atoms with E-state index in [1.54, 1.807) is 0 Å². The van der Waals surface area contributed by atoms with Crippen molar-refractivity contribution in [3.8, 4) is 0 Å². The molecule has 1 N–H and O–H groups in total. The van der Waals surface area contributed by atoms with Gasteiger partial charge in [-0.05, 0) is 35.9 Å². The highest BCUT2D eigenvalue weighted by Crippen LogP contribution is 2.20. The monoisotopic (exact) mass is 369 g/mol. The molecule has 2 aromatic rings. The van der Waals surface area contributed by atoms with Crippen molar-refractivity contribution in [1.29, 1.82) is 0 Å². The quantitative estimate of drug-likeness (QED) is 0.896. The van der Waals surface area contributed by atoms with Crippen molar-refractivity contribution in [2.45, 2.75) is 0 Å². The van der Waals surface area contributed by atoms with Gasteiger partial charge >= 0.3 is 0 Å². The standard InChI is InChI=1S/C13H13BrClN5O/c14-9-1-3-10(4-2-9)16-12-17-11(15)18-13(19-12)20-5-7-21-8-6-20/h1-4H,5-8H2,(H,16,17,18,19). The molecule has 0 aliphatic carbocycles. The number of rotatable bonds is 3. The molecule has 110 valence electrons. The SMILES string of the molecule is Clc1nc(Nc2ccc(Br)cc2)nc(N2CCOCC2)n1. The molecule has 3 rings (SSSR count). The third-order valence-electron chi connectivity index (χ3n) is 2.99. The Morgan fingerprint density at radius 3 is 2.52 bits per heavy atom. The van der Waals surface area contributed by atoms with Crippen LogP contribution in [0.4, 0.5) is 17.6 Å². The van der Waals surface area contributed by atoms with Crippen LogP contribution in [0.25, 0.3) is 0 Å². The molecule has 0 atom stereocenters. The van der Waals surface area contributed by atoms with E-state index < -0.39 is 0 Å². The zero-order valence-electron chi connectivity index (χ0n) is 11.1. The lowest BCUT2D eigenvalue weighted by molar-refractivity contribution is 0.122. The second-order valence-corrected chi connectivity index (χ2v) is 5.71. The summed E-state index contributed by atoms with van der Waals surface area (Å²) >= 11 is 9.39. The molecule has 2 heterocycles. The smallest absolute Gasteiger partial charge is 0.233 e. The molecule has 1 fully saturated rings. The van der Waals surface area contributed by atoms with Crippen LogP contribution in [0.15, 0.2) is 28.7 Å². The summed E-state index contributed by atoms with van der Waals surface area (Å²) in [4.78, 5) is 14.7. The molecule has 1 aliphatic heterocycles. The summed E-state index contributed by atoms with van der Waals surface area (Å²) in [5, 5.41) is 3.30. The zero-order valence-corrected chi connectivity index (χ0v) is 13.4. The summed E-state index contributed by atoms with van der Waals surface area (Å²) in [5.74, 6) is 0.997. The fraction of sp³-hybridized carbons (Fsp3) is 0.308. The number of hydrogen-bond acceptors (Lipinski definition) is 6. The average molecular weight is 371 g/mol. The molecule has 1 aromatic heterocycles. The summed E-state index contributed by atoms with van der Waals surface area (Å²) in [7, 11) is 0. The Balaban J connectivity index is 1.81. The zero-order chi connectivity index (χ0) is 14.7. The minimum atomic E-state index is 0.172. The van der Waals surface area contributed by atoms with Gasteiger partial charge in [0.2, 0.25) is 17.2 Å². The second-order valence-electron chi connectivity index (χ2n) is 4.46. The van der Waals surface area contributed by atoms with Gasteiger partial charge in [0, 0.05) is 23.2 Å². The van der Waals surface area contributed by atoms with Gasteiger partial charge in [-0.1, -0.05) is 15.9 Å². The van der Waals surface area contributed by atoms with E-state index in [9.17, 15) is 0 Å². The summed E-state index contributed by atoms with van der Waals surface area (Å²) in [6.45, 7) is 2.83. The Hall–Kier alpha value is -1.44. The van der Waals surface area contributed by atoms with Crippen molar-refractivity contribution >= 4 is 45.1 Å². The number of morpholine rings is 1. The first-order chi connectivity index (χ1) is 10.2. The van der Waals surface area contributed by atoms with Crippen LogP contribution < -0.4 is 10.2 Å². The van der Waals surface area contributed by atoms with E-state index in [1.165, 1.54) is 0 Å². The molecule has 1 aliphatic rings. The Bertz CT molecular complexity index is 618. The van der Waals surface area contributed by atoms with E-state index in [1.807, 2.05) is 29.2 Å². The molecule has 0 amide bonds. The molecule has 0 radical (unpaired) electrons. The molecule has 1 saturated heterocycles. The van der Waals surface area contributed by atoms with Crippen molar-refractivity contribution in [3.05, 3.63) is 34.0 Å². The maximum absolute atomic E-state index is 5.99. The number of benzene rings is 1. The number of ether oxygens (including phenoxy) is 1. The van der Waals surface area contributed by atoms with Gasteiger partial charge in [0.25, 0.3) is 0 Å². The summed E-state index contributed by atoms with van der Waals surface area (Å²) < 4.78 is 6.33. The highest BCUT2D eigenvalue weighted by Gasteiger charge is 2.16. The molecule has 21 heavy (non-hydrogen) atoms. The van der Waals surface area contributed by atoms with E-state index >= 15 is 0 Å². The topological polar surface area (TPSA) is 63.2 Å². The lowest BCUT2D eigenvalue weighted by atomic mass is 10.3. The molecule has 1 aromatic carbocycles. The predicted octanol–water partition coefficient (Wildman–Crippen LogP) is 2.87. The van der Waals surface area contributed by atoms with Crippen molar-refractivity contribution < 1.29 is 4.74 Å². The van der Waals surface area contributed by atoms with E-state index in [0.717, 1.165) is 23.2 Å². The van der Waals surface area contributed by atoms with Crippen LogP contribution in [0.2, 0.25) is 5.28 Å². The molecule has 8 heteroatoms. The third-order valence-corrected chi connectivity index (χ3v) is 3.69. The van der Waals surface area contributed by atoms with Gasteiger partial charge in [-0.15, -0.1) is 0 Å². The Morgan fingerprint density at radius 2 is 1.81 bits per heavy atom. The Kier molecular flexibility index (Phi) is 4.52. The lowest BCUT2D eigenvalue weighted by Crippen LogP contribution is -2.37. The minimum Gasteiger partial charge on any atom is -0.378 e. The maximum Gasteiger partial charge on any atom is 0.233 e. The molecular weight excluding hydrogens is 358 g/mol. The highest BCUT2D eigenvalue weighted by atomic mass is 79.9. The first-order valence-electron chi connectivity index (χ1n) is 6.47. The van der Waals surface area contributed by atoms with Crippen LogP contribution in [0.5, 0.6) is 0 Å². The van der Waals surface area contributed by atoms with Gasteiger partial charge in [-0.2, -0.15) is 15.0 Å². The fourth-order valence-electron chi connectivity index (χ4n) is 1.96. The normalized spacial score (nSPS) is 15.0. The molecule has 0 bridgehead atoms. The molecule has 0 spiro atoms. The van der Waals surface area contributed by atoms with E-state index in [-0.39, 0.29) is 5.28 Å². The lowest BCUT2D eigenvalue weighted by Gasteiger charge is -2.26. The summed E-state index contributed by atoms with van der Waals surface area (Å²) in [6.07, 6.45) is 0. The van der Waals surface area contributed by atoms with Crippen LogP contribution in [-0.2, 0) is 4.74 Å². The van der Waals surface area contributed by atoms with Crippen LogP contribution >= 0.6 is 27.5 Å². The number of halogens is 2. The largest absolute Gasteiger partial charge is 0.378 e. The molecule has 0 saturated carbocycles. The number of hydrogen-bond donors (Lipinski definition) is 1. The summed E-state index contributed by atoms with van der Waals surface area (Å²) in [5.41, 5.74) is 0.883. The molecule has 0 unspecified atom stereocenters. The third kappa shape index (κ3) is 3.81. The highest BCUT2D eigenvalue weighted by molar-refractivity contribution is 9.10.